The van der Waals surface area contributed by atoms with E-state index in [4.69, 9.17) is 0 Å². The Bertz CT molecular complexity index is 302. The average molecular weight is 224 g/mol. The van der Waals surface area contributed by atoms with E-state index in [0.717, 1.165) is 12.2 Å². The minimum absolute atomic E-state index is 0.424. The van der Waals surface area contributed by atoms with Gasteiger partial charge in [-0.15, -0.1) is 0 Å². The molecule has 90 valence electrons. The van der Waals surface area contributed by atoms with Crippen LogP contribution in [0.15, 0.2) is 18.3 Å². The molecule has 0 aromatic carbocycles. The molecule has 16 heavy (non-hydrogen) atoms. The van der Waals surface area contributed by atoms with E-state index >= 15 is 0 Å². The highest BCUT2D eigenvalue weighted by Crippen LogP contribution is 2.14. The van der Waals surface area contributed by atoms with E-state index in [0.29, 0.717) is 5.92 Å². The van der Waals surface area contributed by atoms with Crippen LogP contribution in [0.5, 0.6) is 0 Å². The third kappa shape index (κ3) is 4.60. The molecule has 1 N–H and O–H groups in total. The Morgan fingerprint density at radius 2 is 2.25 bits per heavy atom. The number of aromatic nitrogens is 1. The van der Waals surface area contributed by atoms with Gasteiger partial charge in [0.15, 0.2) is 0 Å². The highest BCUT2D eigenvalue weighted by atomic mass is 19.1. The first-order valence-electron chi connectivity index (χ1n) is 6.11. The number of pyridine rings is 1. The van der Waals surface area contributed by atoms with E-state index in [1.165, 1.54) is 37.9 Å². The van der Waals surface area contributed by atoms with Crippen molar-refractivity contribution in [2.45, 2.75) is 39.5 Å². The quantitative estimate of drug-likeness (QED) is 0.712. The van der Waals surface area contributed by atoms with Gasteiger partial charge < -0.3 is 5.32 Å². The number of anilines is 1. The van der Waals surface area contributed by atoms with Crippen LogP contribution in [0.2, 0.25) is 0 Å². The SMILES string of the molecule is CCCCC(CC)CNc1ccnc(F)c1. The van der Waals surface area contributed by atoms with E-state index in [1.54, 1.807) is 6.07 Å². The van der Waals surface area contributed by atoms with E-state index in [-0.39, 0.29) is 0 Å². The van der Waals surface area contributed by atoms with Gasteiger partial charge in [-0.2, -0.15) is 4.39 Å². The first-order chi connectivity index (χ1) is 7.76. The zero-order valence-corrected chi connectivity index (χ0v) is 10.2. The molecule has 0 radical (unpaired) electrons. The summed E-state index contributed by atoms with van der Waals surface area (Å²) in [6, 6.07) is 3.24. The molecule has 3 heteroatoms. The molecule has 1 aromatic rings. The molecule has 0 aliphatic carbocycles. The molecular weight excluding hydrogens is 203 g/mol. The summed E-state index contributed by atoms with van der Waals surface area (Å²) in [5.41, 5.74) is 0.822. The summed E-state index contributed by atoms with van der Waals surface area (Å²) in [5, 5.41) is 3.27. The van der Waals surface area contributed by atoms with Crippen molar-refractivity contribution in [2.75, 3.05) is 11.9 Å². The lowest BCUT2D eigenvalue weighted by atomic mass is 9.99. The Kier molecular flexibility index (Phi) is 5.83. The summed E-state index contributed by atoms with van der Waals surface area (Å²) in [6.45, 7) is 5.33. The summed E-state index contributed by atoms with van der Waals surface area (Å²) < 4.78 is 12.8. The van der Waals surface area contributed by atoms with Gasteiger partial charge in [-0.1, -0.05) is 33.1 Å². The number of nitrogens with one attached hydrogen (secondary N) is 1. The molecule has 2 nitrogen and oxygen atoms in total. The maximum Gasteiger partial charge on any atom is 0.214 e. The lowest BCUT2D eigenvalue weighted by Gasteiger charge is -2.15. The van der Waals surface area contributed by atoms with Crippen LogP contribution in [0.3, 0.4) is 0 Å². The van der Waals surface area contributed by atoms with Crippen LogP contribution in [0.25, 0.3) is 0 Å². The fraction of sp³-hybridized carbons (Fsp3) is 0.615. The van der Waals surface area contributed by atoms with Crippen LogP contribution in [0.4, 0.5) is 10.1 Å². The summed E-state index contributed by atoms with van der Waals surface area (Å²) >= 11 is 0. The molecule has 1 unspecified atom stereocenters. The number of hydrogen-bond acceptors (Lipinski definition) is 2. The zero-order valence-electron chi connectivity index (χ0n) is 10.2. The van der Waals surface area contributed by atoms with Gasteiger partial charge in [0.05, 0.1) is 0 Å². The first kappa shape index (κ1) is 12.9. The van der Waals surface area contributed by atoms with Crippen LogP contribution in [0.1, 0.15) is 39.5 Å². The molecule has 0 spiro atoms. The Morgan fingerprint density at radius 3 is 2.88 bits per heavy atom. The van der Waals surface area contributed by atoms with E-state index in [2.05, 4.69) is 24.1 Å². The molecule has 0 saturated carbocycles. The summed E-state index contributed by atoms with van der Waals surface area (Å²) in [4.78, 5) is 3.53. The molecule has 0 bridgehead atoms. The Hall–Kier alpha value is -1.12. The predicted octanol–water partition coefficient (Wildman–Crippen LogP) is 3.85. The van der Waals surface area contributed by atoms with Gasteiger partial charge in [0.1, 0.15) is 0 Å². The molecule has 0 aliphatic heterocycles. The maximum absolute atomic E-state index is 12.8. The van der Waals surface area contributed by atoms with E-state index in [1.807, 2.05) is 0 Å². The van der Waals surface area contributed by atoms with Crippen molar-refractivity contribution in [3.8, 4) is 0 Å². The Labute approximate surface area is 97.3 Å². The second-order valence-corrected chi connectivity index (χ2v) is 4.16. The molecule has 0 aliphatic rings. The second kappa shape index (κ2) is 7.20. The fourth-order valence-electron chi connectivity index (χ4n) is 1.72. The normalized spacial score (nSPS) is 12.4. The van der Waals surface area contributed by atoms with Crippen LogP contribution in [0, 0.1) is 11.9 Å². The molecular formula is C13H21FN2. The number of rotatable bonds is 7. The highest BCUT2D eigenvalue weighted by Gasteiger charge is 2.05. The van der Waals surface area contributed by atoms with Gasteiger partial charge in [-0.05, 0) is 18.4 Å². The summed E-state index contributed by atoms with van der Waals surface area (Å²) in [6.07, 6.45) is 6.41. The summed E-state index contributed by atoms with van der Waals surface area (Å²) in [5.74, 6) is 0.253. The number of nitrogens with zero attached hydrogens (tertiary/aromatic N) is 1. The minimum Gasteiger partial charge on any atom is -0.385 e. The average Bonchev–Trinajstić information content (AvgIpc) is 2.29. The van der Waals surface area contributed by atoms with Gasteiger partial charge in [-0.3, -0.25) is 0 Å². The van der Waals surface area contributed by atoms with Gasteiger partial charge in [0.2, 0.25) is 5.95 Å². The van der Waals surface area contributed by atoms with Crippen molar-refractivity contribution >= 4 is 5.69 Å². The number of unbranched alkanes of at least 4 members (excludes halogenated alkanes) is 1. The minimum atomic E-state index is -0.424. The highest BCUT2D eigenvalue weighted by molar-refractivity contribution is 5.41. The zero-order chi connectivity index (χ0) is 11.8. The van der Waals surface area contributed by atoms with Crippen LogP contribution in [-0.2, 0) is 0 Å². The van der Waals surface area contributed by atoms with Crippen molar-refractivity contribution < 1.29 is 4.39 Å². The topological polar surface area (TPSA) is 24.9 Å². The molecule has 0 fully saturated rings. The van der Waals surface area contributed by atoms with Gasteiger partial charge in [0, 0.05) is 24.5 Å². The van der Waals surface area contributed by atoms with Crippen LogP contribution in [-0.4, -0.2) is 11.5 Å². The summed E-state index contributed by atoms with van der Waals surface area (Å²) in [7, 11) is 0. The molecule has 0 amide bonds. The second-order valence-electron chi connectivity index (χ2n) is 4.16. The Morgan fingerprint density at radius 1 is 1.44 bits per heavy atom. The number of hydrogen-bond donors (Lipinski definition) is 1. The third-order valence-corrected chi connectivity index (χ3v) is 2.86. The maximum atomic E-state index is 12.8. The third-order valence-electron chi connectivity index (χ3n) is 2.86. The smallest absolute Gasteiger partial charge is 0.214 e. The number of halogens is 1. The van der Waals surface area contributed by atoms with Gasteiger partial charge in [-0.25, -0.2) is 4.98 Å². The lowest BCUT2D eigenvalue weighted by Crippen LogP contribution is -2.13. The largest absolute Gasteiger partial charge is 0.385 e. The lowest BCUT2D eigenvalue weighted by molar-refractivity contribution is 0.472. The van der Waals surface area contributed by atoms with Crippen molar-refractivity contribution in [1.29, 1.82) is 0 Å². The van der Waals surface area contributed by atoms with Gasteiger partial charge >= 0.3 is 0 Å². The predicted molar refractivity (Wildman–Crippen MR) is 66.0 cm³/mol. The van der Waals surface area contributed by atoms with Crippen molar-refractivity contribution in [3.05, 3.63) is 24.3 Å². The molecule has 1 aromatic heterocycles. The Balaban J connectivity index is 2.37. The van der Waals surface area contributed by atoms with Crippen molar-refractivity contribution in [2.24, 2.45) is 5.92 Å². The first-order valence-corrected chi connectivity index (χ1v) is 6.11. The van der Waals surface area contributed by atoms with E-state index < -0.39 is 5.95 Å². The molecule has 0 saturated heterocycles. The molecule has 1 heterocycles. The monoisotopic (exact) mass is 224 g/mol. The van der Waals surface area contributed by atoms with Crippen LogP contribution >= 0.6 is 0 Å². The fourth-order valence-corrected chi connectivity index (χ4v) is 1.72. The standard InChI is InChI=1S/C13H21FN2/c1-3-5-6-11(4-2)10-16-12-7-8-15-13(14)9-12/h7-9,11H,3-6,10H2,1-2H3,(H,15,16). The van der Waals surface area contributed by atoms with Gasteiger partial charge in [0.25, 0.3) is 0 Å². The molecule has 1 atom stereocenters. The van der Waals surface area contributed by atoms with Crippen molar-refractivity contribution in [1.82, 2.24) is 4.98 Å². The van der Waals surface area contributed by atoms with E-state index in [9.17, 15) is 4.39 Å². The van der Waals surface area contributed by atoms with Crippen molar-refractivity contribution in [3.63, 3.8) is 0 Å². The molecule has 1 rings (SSSR count). The van der Waals surface area contributed by atoms with Crippen LogP contribution < -0.4 is 5.32 Å².